The first-order chi connectivity index (χ1) is 14.5. The lowest BCUT2D eigenvalue weighted by atomic mass is 10.2. The van der Waals surface area contributed by atoms with E-state index in [9.17, 15) is 9.59 Å². The van der Waals surface area contributed by atoms with Crippen LogP contribution in [-0.2, 0) is 4.79 Å². The number of amides is 3. The summed E-state index contributed by atoms with van der Waals surface area (Å²) in [6.45, 7) is 5.39. The zero-order valence-corrected chi connectivity index (χ0v) is 17.1. The number of benzene rings is 2. The third-order valence-electron chi connectivity index (χ3n) is 5.20. The van der Waals surface area contributed by atoms with E-state index in [1.54, 1.807) is 23.1 Å². The van der Waals surface area contributed by atoms with Gasteiger partial charge in [-0.2, -0.15) is 0 Å². The van der Waals surface area contributed by atoms with E-state index < -0.39 is 0 Å². The van der Waals surface area contributed by atoms with E-state index in [4.69, 9.17) is 0 Å². The monoisotopic (exact) mass is 400 g/mol. The fourth-order valence-corrected chi connectivity index (χ4v) is 3.72. The van der Waals surface area contributed by atoms with Gasteiger partial charge in [0.15, 0.2) is 0 Å². The van der Waals surface area contributed by atoms with Crippen LogP contribution in [0.25, 0.3) is 11.8 Å². The first-order valence-electron chi connectivity index (χ1n) is 9.92. The minimum atomic E-state index is -0.203. The molecular weight excluding hydrogens is 376 g/mol. The number of carbonyl (C=O) groups excluding carboxylic acids is 2. The minimum Gasteiger partial charge on any atom is -0.336 e. The summed E-state index contributed by atoms with van der Waals surface area (Å²) in [5.74, 6) is -0.203. The molecule has 1 aliphatic heterocycles. The normalized spacial score (nSPS) is 13.7. The lowest BCUT2D eigenvalue weighted by Crippen LogP contribution is -2.27. The standard InChI is InChI=1S/C24H24N4O2/c1-17-16-19(18(2)28(17)22-6-4-3-5-7-22)8-13-23(29)26-20-9-11-21(12-10-20)27-15-14-25-24(27)30/h3-13,16H,14-15H2,1-2H3,(H,25,30)(H,26,29)/b13-8+. The van der Waals surface area contributed by atoms with Gasteiger partial charge in [0, 0.05) is 47.6 Å². The highest BCUT2D eigenvalue weighted by Gasteiger charge is 2.20. The molecule has 6 nitrogen and oxygen atoms in total. The van der Waals surface area contributed by atoms with E-state index in [2.05, 4.69) is 40.3 Å². The summed E-state index contributed by atoms with van der Waals surface area (Å²) in [6, 6.07) is 19.4. The summed E-state index contributed by atoms with van der Waals surface area (Å²) in [7, 11) is 0. The highest BCUT2D eigenvalue weighted by atomic mass is 16.2. The number of carbonyl (C=O) groups is 2. The van der Waals surface area contributed by atoms with Crippen LogP contribution in [-0.4, -0.2) is 29.6 Å². The summed E-state index contributed by atoms with van der Waals surface area (Å²) in [4.78, 5) is 25.8. The Labute approximate surface area is 175 Å². The van der Waals surface area contributed by atoms with Gasteiger partial charge in [-0.15, -0.1) is 0 Å². The van der Waals surface area contributed by atoms with Crippen LogP contribution in [0.3, 0.4) is 0 Å². The Bertz CT molecular complexity index is 1100. The second-order valence-corrected chi connectivity index (χ2v) is 7.25. The van der Waals surface area contributed by atoms with Crippen molar-refractivity contribution in [3.8, 4) is 5.69 Å². The molecule has 0 radical (unpaired) electrons. The van der Waals surface area contributed by atoms with E-state index >= 15 is 0 Å². The average Bonchev–Trinajstić information content (AvgIpc) is 3.30. The van der Waals surface area contributed by atoms with Gasteiger partial charge >= 0.3 is 6.03 Å². The number of nitrogens with one attached hydrogen (secondary N) is 2. The summed E-state index contributed by atoms with van der Waals surface area (Å²) < 4.78 is 2.17. The summed E-state index contributed by atoms with van der Waals surface area (Å²) >= 11 is 0. The zero-order valence-electron chi connectivity index (χ0n) is 17.1. The van der Waals surface area contributed by atoms with Crippen LogP contribution in [0.15, 0.2) is 66.7 Å². The van der Waals surface area contributed by atoms with Crippen molar-refractivity contribution in [1.82, 2.24) is 9.88 Å². The molecule has 1 aliphatic rings. The van der Waals surface area contributed by atoms with E-state index in [-0.39, 0.29) is 11.9 Å². The molecule has 0 saturated carbocycles. The van der Waals surface area contributed by atoms with Crippen LogP contribution in [0.1, 0.15) is 17.0 Å². The SMILES string of the molecule is Cc1cc(/C=C/C(=O)Nc2ccc(N3CCNC3=O)cc2)c(C)n1-c1ccccc1. The Kier molecular flexibility index (Phi) is 5.39. The van der Waals surface area contributed by atoms with Crippen molar-refractivity contribution in [3.63, 3.8) is 0 Å². The predicted molar refractivity (Wildman–Crippen MR) is 120 cm³/mol. The van der Waals surface area contributed by atoms with Crippen molar-refractivity contribution in [1.29, 1.82) is 0 Å². The number of hydrogen-bond acceptors (Lipinski definition) is 2. The predicted octanol–water partition coefficient (Wildman–Crippen LogP) is 4.28. The van der Waals surface area contributed by atoms with Gasteiger partial charge in [-0.25, -0.2) is 4.79 Å². The molecule has 1 saturated heterocycles. The average molecular weight is 400 g/mol. The smallest absolute Gasteiger partial charge is 0.321 e. The molecule has 0 unspecified atom stereocenters. The van der Waals surface area contributed by atoms with Gasteiger partial charge in [0.25, 0.3) is 0 Å². The number of anilines is 2. The van der Waals surface area contributed by atoms with Crippen LogP contribution in [0.4, 0.5) is 16.2 Å². The molecule has 0 aliphatic carbocycles. The number of para-hydroxylation sites is 1. The van der Waals surface area contributed by atoms with Crippen molar-refractivity contribution in [2.24, 2.45) is 0 Å². The molecule has 152 valence electrons. The molecule has 2 heterocycles. The van der Waals surface area contributed by atoms with Crippen molar-refractivity contribution in [3.05, 3.63) is 83.7 Å². The molecule has 2 N–H and O–H groups in total. The number of nitrogens with zero attached hydrogens (tertiary/aromatic N) is 2. The fourth-order valence-electron chi connectivity index (χ4n) is 3.72. The fraction of sp³-hybridized carbons (Fsp3) is 0.167. The molecule has 6 heteroatoms. The number of aryl methyl sites for hydroxylation is 1. The summed E-state index contributed by atoms with van der Waals surface area (Å²) in [6.07, 6.45) is 3.37. The third kappa shape index (κ3) is 3.98. The van der Waals surface area contributed by atoms with Crippen molar-refractivity contribution >= 4 is 29.4 Å². The molecule has 4 rings (SSSR count). The van der Waals surface area contributed by atoms with E-state index in [1.165, 1.54) is 0 Å². The van der Waals surface area contributed by atoms with Gasteiger partial charge in [-0.1, -0.05) is 18.2 Å². The lowest BCUT2D eigenvalue weighted by molar-refractivity contribution is -0.111. The molecule has 3 amide bonds. The second-order valence-electron chi connectivity index (χ2n) is 7.25. The molecule has 0 spiro atoms. The Morgan fingerprint density at radius 2 is 1.77 bits per heavy atom. The molecule has 0 bridgehead atoms. The highest BCUT2D eigenvalue weighted by molar-refractivity contribution is 6.02. The Morgan fingerprint density at radius 3 is 2.43 bits per heavy atom. The van der Waals surface area contributed by atoms with Crippen molar-refractivity contribution in [2.75, 3.05) is 23.3 Å². The number of hydrogen-bond donors (Lipinski definition) is 2. The maximum absolute atomic E-state index is 12.4. The topological polar surface area (TPSA) is 66.4 Å². The van der Waals surface area contributed by atoms with E-state index in [0.717, 1.165) is 28.3 Å². The van der Waals surface area contributed by atoms with Gasteiger partial charge in [-0.3, -0.25) is 9.69 Å². The number of aromatic nitrogens is 1. The minimum absolute atomic E-state index is 0.0946. The van der Waals surface area contributed by atoms with Gasteiger partial charge in [0.2, 0.25) is 5.91 Å². The Morgan fingerprint density at radius 1 is 1.03 bits per heavy atom. The zero-order chi connectivity index (χ0) is 21.1. The first kappa shape index (κ1) is 19.5. The Hall–Kier alpha value is -3.80. The van der Waals surface area contributed by atoms with Gasteiger partial charge in [0.05, 0.1) is 0 Å². The number of urea groups is 1. The second kappa shape index (κ2) is 8.29. The summed E-state index contributed by atoms with van der Waals surface area (Å²) in [5, 5.41) is 5.64. The highest BCUT2D eigenvalue weighted by Crippen LogP contribution is 2.22. The maximum Gasteiger partial charge on any atom is 0.321 e. The molecule has 2 aromatic carbocycles. The quantitative estimate of drug-likeness (QED) is 0.628. The molecule has 3 aromatic rings. The molecule has 30 heavy (non-hydrogen) atoms. The van der Waals surface area contributed by atoms with Crippen molar-refractivity contribution in [2.45, 2.75) is 13.8 Å². The van der Waals surface area contributed by atoms with Crippen LogP contribution < -0.4 is 15.5 Å². The van der Waals surface area contributed by atoms with Crippen LogP contribution in [0, 0.1) is 13.8 Å². The van der Waals surface area contributed by atoms with E-state index in [1.807, 2.05) is 43.3 Å². The van der Waals surface area contributed by atoms with E-state index in [0.29, 0.717) is 18.8 Å². The third-order valence-corrected chi connectivity index (χ3v) is 5.20. The summed E-state index contributed by atoms with van der Waals surface area (Å²) in [5.41, 5.74) is 5.79. The van der Waals surface area contributed by atoms with Gasteiger partial charge < -0.3 is 15.2 Å². The van der Waals surface area contributed by atoms with Gasteiger partial charge in [0.1, 0.15) is 0 Å². The molecule has 1 aromatic heterocycles. The first-order valence-corrected chi connectivity index (χ1v) is 9.92. The maximum atomic E-state index is 12.4. The van der Waals surface area contributed by atoms with Crippen LogP contribution >= 0.6 is 0 Å². The molecule has 1 fully saturated rings. The van der Waals surface area contributed by atoms with Crippen LogP contribution in [0.2, 0.25) is 0 Å². The lowest BCUT2D eigenvalue weighted by Gasteiger charge is -2.14. The Balaban J connectivity index is 1.44. The molecular formula is C24H24N4O2. The largest absolute Gasteiger partial charge is 0.336 e. The molecule has 0 atom stereocenters. The van der Waals surface area contributed by atoms with Crippen LogP contribution in [0.5, 0.6) is 0 Å². The number of rotatable bonds is 5. The van der Waals surface area contributed by atoms with Gasteiger partial charge in [-0.05, 0) is 68.0 Å². The van der Waals surface area contributed by atoms with Crippen molar-refractivity contribution < 1.29 is 9.59 Å².